The molecule has 166 valence electrons. The van der Waals surface area contributed by atoms with Crippen molar-refractivity contribution in [3.8, 4) is 11.3 Å². The fourth-order valence-corrected chi connectivity index (χ4v) is 8.69. The van der Waals surface area contributed by atoms with E-state index in [1.807, 2.05) is 0 Å². The summed E-state index contributed by atoms with van der Waals surface area (Å²) in [4.78, 5) is 12.8. The predicted molar refractivity (Wildman–Crippen MR) is 118 cm³/mol. The maximum atomic E-state index is 12.8. The molecule has 0 amide bonds. The highest BCUT2D eigenvalue weighted by molar-refractivity contribution is 8.70. The van der Waals surface area contributed by atoms with Gasteiger partial charge < -0.3 is 5.11 Å². The van der Waals surface area contributed by atoms with Crippen LogP contribution < -0.4 is 0 Å². The summed E-state index contributed by atoms with van der Waals surface area (Å²) in [5.41, 5.74) is 0.224. The van der Waals surface area contributed by atoms with E-state index in [0.717, 1.165) is 38.5 Å². The maximum Gasteiger partial charge on any atom is 0.320 e. The third kappa shape index (κ3) is 4.11. The van der Waals surface area contributed by atoms with Crippen molar-refractivity contribution in [1.29, 1.82) is 0 Å². The monoisotopic (exact) mass is 472 g/mol. The van der Waals surface area contributed by atoms with Crippen LogP contribution in [0.3, 0.4) is 0 Å². The first-order valence-corrected chi connectivity index (χ1v) is 14.1. The highest BCUT2D eigenvalue weighted by Crippen LogP contribution is 2.63. The molecule has 4 rings (SSSR count). The fraction of sp³-hybridized carbons (Fsp3) is 0.773. The van der Waals surface area contributed by atoms with Gasteiger partial charge in [-0.25, -0.2) is 0 Å². The topological polar surface area (TPSA) is 91.7 Å². The zero-order valence-corrected chi connectivity index (χ0v) is 19.5. The molecule has 0 aromatic heterocycles. The largest absolute Gasteiger partial charge is 0.377 e. The Morgan fingerprint density at radius 2 is 2.03 bits per heavy atom. The van der Waals surface area contributed by atoms with Crippen molar-refractivity contribution in [1.82, 2.24) is 0 Å². The predicted octanol–water partition coefficient (Wildman–Crippen LogP) is 4.21. The molecule has 7 unspecified atom stereocenters. The molecule has 0 saturated heterocycles. The van der Waals surface area contributed by atoms with E-state index in [0.29, 0.717) is 47.3 Å². The van der Waals surface area contributed by atoms with Crippen molar-refractivity contribution in [2.24, 2.45) is 35.0 Å². The van der Waals surface area contributed by atoms with Gasteiger partial charge in [-0.2, -0.15) is 8.42 Å². The van der Waals surface area contributed by atoms with Crippen LogP contribution in [-0.2, 0) is 13.9 Å². The Morgan fingerprint density at radius 1 is 1.27 bits per heavy atom. The minimum absolute atomic E-state index is 0.0458. The van der Waals surface area contributed by atoms with Gasteiger partial charge >= 0.3 is 9.15 Å². The number of aliphatic hydroxyl groups is 1. The van der Waals surface area contributed by atoms with Gasteiger partial charge in [0.2, 0.25) is 0 Å². The molecule has 30 heavy (non-hydrogen) atoms. The van der Waals surface area contributed by atoms with Crippen LogP contribution in [0.15, 0.2) is 11.6 Å². The highest BCUT2D eigenvalue weighted by Gasteiger charge is 2.57. The quantitative estimate of drug-likeness (QED) is 0.275. The fourth-order valence-electron chi connectivity index (χ4n) is 7.25. The van der Waals surface area contributed by atoms with E-state index in [1.54, 1.807) is 0 Å². The number of ketones is 1. The second kappa shape index (κ2) is 8.12. The van der Waals surface area contributed by atoms with Crippen molar-refractivity contribution < 1.29 is 22.9 Å². The number of halogens is 1. The molecule has 0 aromatic rings. The zero-order chi connectivity index (χ0) is 21.7. The average molecular weight is 473 g/mol. The number of Topliss-reactive ketones (excluding diaryl/α,β-unsaturated/α-hetero) is 1. The zero-order valence-electron chi connectivity index (χ0n) is 17.1. The smallest absolute Gasteiger partial charge is 0.320 e. The lowest BCUT2D eigenvalue weighted by Gasteiger charge is -2.54. The summed E-state index contributed by atoms with van der Waals surface area (Å²) < 4.78 is 31.1. The van der Waals surface area contributed by atoms with E-state index in [2.05, 4.69) is 24.3 Å². The molecule has 5 nitrogen and oxygen atoms in total. The number of carbonyl (C=O) groups excluding carboxylic acids is 1. The SMILES string of the molecule is CC12CCC3C4CCC(O)(C#CCl)CC4=CCC3C1CCC2C(=O)CSS(=O)(=O)O. The van der Waals surface area contributed by atoms with Gasteiger partial charge in [-0.1, -0.05) is 24.5 Å². The molecule has 0 aromatic carbocycles. The lowest BCUT2D eigenvalue weighted by molar-refractivity contribution is -0.126. The first-order chi connectivity index (χ1) is 14.1. The average Bonchev–Trinajstić information content (AvgIpc) is 3.02. The Bertz CT molecular complexity index is 920. The summed E-state index contributed by atoms with van der Waals surface area (Å²) in [5, 5.41) is 13.1. The molecule has 4 aliphatic rings. The summed E-state index contributed by atoms with van der Waals surface area (Å²) in [7, 11) is -3.86. The first-order valence-electron chi connectivity index (χ1n) is 10.7. The number of carbonyl (C=O) groups is 1. The van der Waals surface area contributed by atoms with Gasteiger partial charge in [0.15, 0.2) is 0 Å². The van der Waals surface area contributed by atoms with Crippen molar-refractivity contribution in [3.05, 3.63) is 11.6 Å². The van der Waals surface area contributed by atoms with E-state index < -0.39 is 14.8 Å². The van der Waals surface area contributed by atoms with Gasteiger partial charge in [-0.05, 0) is 85.6 Å². The second-order valence-electron chi connectivity index (χ2n) is 9.85. The molecule has 0 spiro atoms. The summed E-state index contributed by atoms with van der Waals surface area (Å²) in [5.74, 6) is 4.49. The maximum absolute atomic E-state index is 12.8. The number of rotatable bonds is 4. The van der Waals surface area contributed by atoms with Gasteiger partial charge in [0.1, 0.15) is 11.4 Å². The van der Waals surface area contributed by atoms with Crippen LogP contribution in [0.2, 0.25) is 0 Å². The summed E-state index contributed by atoms with van der Waals surface area (Å²) in [6.07, 6.45) is 9.28. The van der Waals surface area contributed by atoms with E-state index in [9.17, 15) is 18.3 Å². The molecule has 3 saturated carbocycles. The third-order valence-corrected chi connectivity index (χ3v) is 10.6. The van der Waals surface area contributed by atoms with Crippen molar-refractivity contribution in [2.45, 2.75) is 63.9 Å². The molecule has 0 aliphatic heterocycles. The minimum atomic E-state index is -4.19. The molecule has 3 fully saturated rings. The van der Waals surface area contributed by atoms with Crippen LogP contribution in [-0.4, -0.2) is 35.2 Å². The molecule has 0 bridgehead atoms. The number of fused-ring (bicyclic) bond motifs is 5. The van der Waals surface area contributed by atoms with Crippen LogP contribution in [0.25, 0.3) is 0 Å². The normalized spacial score (nSPS) is 42.8. The molecule has 2 N–H and O–H groups in total. The van der Waals surface area contributed by atoms with Gasteiger partial charge in [0, 0.05) is 28.5 Å². The van der Waals surface area contributed by atoms with Crippen LogP contribution in [0, 0.1) is 46.3 Å². The van der Waals surface area contributed by atoms with E-state index in [-0.39, 0.29) is 22.9 Å². The Hall–Kier alpha value is -0.520. The van der Waals surface area contributed by atoms with Crippen LogP contribution in [0.5, 0.6) is 0 Å². The highest BCUT2D eigenvalue weighted by atomic mass is 35.5. The Morgan fingerprint density at radius 3 is 2.73 bits per heavy atom. The number of hydrogen-bond acceptors (Lipinski definition) is 5. The third-order valence-electron chi connectivity index (χ3n) is 8.52. The second-order valence-corrected chi connectivity index (χ2v) is 13.4. The molecular weight excluding hydrogens is 444 g/mol. The molecule has 8 heteroatoms. The molecule has 4 aliphatic carbocycles. The van der Waals surface area contributed by atoms with E-state index in [1.165, 1.54) is 5.57 Å². The first kappa shape index (κ1) is 22.7. The Labute approximate surface area is 187 Å². The molecular formula is C22H29ClO5S2. The van der Waals surface area contributed by atoms with Gasteiger partial charge in [0.25, 0.3) is 0 Å². The minimum Gasteiger partial charge on any atom is -0.377 e. The van der Waals surface area contributed by atoms with Crippen LogP contribution in [0.4, 0.5) is 0 Å². The molecule has 0 radical (unpaired) electrons. The van der Waals surface area contributed by atoms with Gasteiger partial charge in [-0.15, -0.1) is 0 Å². The van der Waals surface area contributed by atoms with Crippen LogP contribution in [0.1, 0.15) is 58.3 Å². The van der Waals surface area contributed by atoms with Gasteiger partial charge in [-0.3, -0.25) is 9.35 Å². The lowest BCUT2D eigenvalue weighted by Crippen LogP contribution is -2.48. The molecule has 0 heterocycles. The summed E-state index contributed by atoms with van der Waals surface area (Å²) >= 11 is 5.56. The standard InChI is InChI=1S/C22H29ClO5S2/c1-21-8-6-16-15-7-9-22(25,10-11-23)12-14(15)2-3-17(16)18(21)4-5-19(21)20(24)13-29-30(26,27)28/h2,15-19,25H,3-9,12-13H2,1H3,(H,26,27,28). The van der Waals surface area contributed by atoms with Crippen molar-refractivity contribution in [3.63, 3.8) is 0 Å². The summed E-state index contributed by atoms with van der Waals surface area (Å²) in [6, 6.07) is 0. The Kier molecular flexibility index (Phi) is 6.13. The van der Waals surface area contributed by atoms with Crippen molar-refractivity contribution >= 4 is 37.3 Å². The van der Waals surface area contributed by atoms with E-state index >= 15 is 0 Å². The summed E-state index contributed by atoms with van der Waals surface area (Å²) in [6.45, 7) is 2.22. The van der Waals surface area contributed by atoms with Crippen molar-refractivity contribution in [2.75, 3.05) is 5.75 Å². The Balaban J connectivity index is 1.50. The molecule has 7 atom stereocenters. The lowest BCUT2D eigenvalue weighted by atomic mass is 9.51. The number of allylic oxidation sites excluding steroid dienone is 1. The van der Waals surface area contributed by atoms with Crippen LogP contribution >= 0.6 is 22.4 Å². The number of hydrogen-bond donors (Lipinski definition) is 2. The van der Waals surface area contributed by atoms with Gasteiger partial charge in [0.05, 0.1) is 5.75 Å². The van der Waals surface area contributed by atoms with E-state index in [4.69, 9.17) is 16.2 Å².